The first kappa shape index (κ1) is 21.3. The van der Waals surface area contributed by atoms with Crippen molar-refractivity contribution in [3.8, 4) is 11.5 Å². The monoisotopic (exact) mass is 384 g/mol. The van der Waals surface area contributed by atoms with Crippen molar-refractivity contribution in [1.29, 1.82) is 0 Å². The van der Waals surface area contributed by atoms with Gasteiger partial charge in [-0.05, 0) is 55.7 Å². The van der Waals surface area contributed by atoms with Crippen molar-refractivity contribution < 1.29 is 19.1 Å². The van der Waals surface area contributed by atoms with E-state index in [0.29, 0.717) is 19.5 Å². The van der Waals surface area contributed by atoms with Crippen LogP contribution in [0.1, 0.15) is 25.0 Å². The van der Waals surface area contributed by atoms with Gasteiger partial charge in [0.25, 0.3) is 0 Å². The molecule has 0 fully saturated rings. The van der Waals surface area contributed by atoms with Gasteiger partial charge in [0, 0.05) is 13.1 Å². The van der Waals surface area contributed by atoms with Crippen molar-refractivity contribution >= 4 is 11.8 Å². The Labute approximate surface area is 166 Å². The Kier molecular flexibility index (Phi) is 7.44. The highest BCUT2D eigenvalue weighted by molar-refractivity contribution is 6.04. The van der Waals surface area contributed by atoms with Crippen molar-refractivity contribution in [2.45, 2.75) is 26.8 Å². The van der Waals surface area contributed by atoms with Crippen LogP contribution in [0.3, 0.4) is 0 Å². The molecule has 0 atom stereocenters. The summed E-state index contributed by atoms with van der Waals surface area (Å²) >= 11 is 0. The molecule has 0 spiro atoms. The van der Waals surface area contributed by atoms with E-state index in [1.54, 1.807) is 28.1 Å². The lowest BCUT2D eigenvalue weighted by Gasteiger charge is -2.23. The number of ether oxygens (including phenoxy) is 2. The Balaban J connectivity index is 1.81. The smallest absolute Gasteiger partial charge is 0.235 e. The molecule has 0 aliphatic rings. The van der Waals surface area contributed by atoms with Crippen LogP contribution < -0.4 is 20.1 Å². The first-order valence-electron chi connectivity index (χ1n) is 9.19. The van der Waals surface area contributed by atoms with Crippen LogP contribution >= 0.6 is 0 Å². The van der Waals surface area contributed by atoms with E-state index in [1.165, 1.54) is 0 Å². The molecule has 2 aromatic rings. The van der Waals surface area contributed by atoms with Crippen LogP contribution in [-0.2, 0) is 22.6 Å². The summed E-state index contributed by atoms with van der Waals surface area (Å²) in [7, 11) is 3.23. The average molecular weight is 384 g/mol. The molecule has 2 N–H and O–H groups in total. The summed E-state index contributed by atoms with van der Waals surface area (Å²) in [5, 5.41) is 5.67. The second-order valence-corrected chi connectivity index (χ2v) is 7.01. The van der Waals surface area contributed by atoms with Crippen LogP contribution in [0.5, 0.6) is 11.5 Å². The van der Waals surface area contributed by atoms with Gasteiger partial charge >= 0.3 is 0 Å². The molecular formula is C22H28N2O4. The van der Waals surface area contributed by atoms with Crippen LogP contribution in [0, 0.1) is 5.41 Å². The van der Waals surface area contributed by atoms with E-state index in [4.69, 9.17) is 9.47 Å². The number of rotatable bonds is 9. The second-order valence-electron chi connectivity index (χ2n) is 7.01. The molecule has 0 bridgehead atoms. The minimum absolute atomic E-state index is 0.298. The Hall–Kier alpha value is -3.02. The van der Waals surface area contributed by atoms with Crippen molar-refractivity contribution in [2.75, 3.05) is 20.8 Å². The summed E-state index contributed by atoms with van der Waals surface area (Å²) in [6, 6.07) is 15.1. The van der Waals surface area contributed by atoms with E-state index in [2.05, 4.69) is 10.6 Å². The SMILES string of the molecule is COc1ccc(CCNC(=O)C(C)(C)C(=O)NCc2ccc(OC)cc2)cc1. The fraction of sp³-hybridized carbons (Fsp3) is 0.364. The third-order valence-corrected chi connectivity index (χ3v) is 4.61. The zero-order chi connectivity index (χ0) is 20.6. The van der Waals surface area contributed by atoms with Gasteiger partial charge in [-0.2, -0.15) is 0 Å². The Morgan fingerprint density at radius 3 is 1.75 bits per heavy atom. The van der Waals surface area contributed by atoms with Gasteiger partial charge in [-0.1, -0.05) is 24.3 Å². The number of benzene rings is 2. The van der Waals surface area contributed by atoms with E-state index in [-0.39, 0.29) is 11.8 Å². The van der Waals surface area contributed by atoms with Gasteiger partial charge in [-0.3, -0.25) is 9.59 Å². The maximum absolute atomic E-state index is 12.5. The lowest BCUT2D eigenvalue weighted by Crippen LogP contribution is -2.48. The van der Waals surface area contributed by atoms with Crippen molar-refractivity contribution in [1.82, 2.24) is 10.6 Å². The summed E-state index contributed by atoms with van der Waals surface area (Å²) in [6.45, 7) is 4.06. The van der Waals surface area contributed by atoms with Crippen molar-refractivity contribution in [2.24, 2.45) is 5.41 Å². The van der Waals surface area contributed by atoms with Crippen LogP contribution in [0.25, 0.3) is 0 Å². The molecule has 2 rings (SSSR count). The molecular weight excluding hydrogens is 356 g/mol. The van der Waals surface area contributed by atoms with Crippen LogP contribution in [-0.4, -0.2) is 32.6 Å². The summed E-state index contributed by atoms with van der Waals surface area (Å²) in [6.07, 6.45) is 0.680. The summed E-state index contributed by atoms with van der Waals surface area (Å²) < 4.78 is 10.2. The molecule has 0 unspecified atom stereocenters. The Bertz CT molecular complexity index is 783. The summed E-state index contributed by atoms with van der Waals surface area (Å²) in [4.78, 5) is 25.0. The van der Waals surface area contributed by atoms with Crippen LogP contribution in [0.15, 0.2) is 48.5 Å². The average Bonchev–Trinajstić information content (AvgIpc) is 2.72. The van der Waals surface area contributed by atoms with Crippen molar-refractivity contribution in [3.05, 3.63) is 59.7 Å². The Morgan fingerprint density at radius 2 is 1.25 bits per heavy atom. The van der Waals surface area contributed by atoms with E-state index >= 15 is 0 Å². The quantitative estimate of drug-likeness (QED) is 0.652. The maximum atomic E-state index is 12.5. The van der Waals surface area contributed by atoms with Gasteiger partial charge < -0.3 is 20.1 Å². The number of nitrogens with one attached hydrogen (secondary N) is 2. The Morgan fingerprint density at radius 1 is 0.786 bits per heavy atom. The predicted molar refractivity (Wildman–Crippen MR) is 108 cm³/mol. The van der Waals surface area contributed by atoms with E-state index < -0.39 is 5.41 Å². The maximum Gasteiger partial charge on any atom is 0.235 e. The highest BCUT2D eigenvalue weighted by Gasteiger charge is 2.35. The fourth-order valence-electron chi connectivity index (χ4n) is 2.58. The summed E-state index contributed by atoms with van der Waals surface area (Å²) in [5.74, 6) is 0.938. The van der Waals surface area contributed by atoms with Gasteiger partial charge in [0.15, 0.2) is 0 Å². The van der Waals surface area contributed by atoms with Gasteiger partial charge in [-0.15, -0.1) is 0 Å². The normalized spacial score (nSPS) is 10.9. The third-order valence-electron chi connectivity index (χ3n) is 4.61. The molecule has 2 amide bonds. The number of hydrogen-bond donors (Lipinski definition) is 2. The first-order chi connectivity index (χ1) is 13.4. The largest absolute Gasteiger partial charge is 0.497 e. The molecule has 0 aliphatic carbocycles. The number of carbonyl (C=O) groups excluding carboxylic acids is 2. The zero-order valence-electron chi connectivity index (χ0n) is 16.9. The predicted octanol–water partition coefficient (Wildman–Crippen LogP) is 2.71. The van der Waals surface area contributed by atoms with Gasteiger partial charge in [-0.25, -0.2) is 0 Å². The third kappa shape index (κ3) is 5.74. The van der Waals surface area contributed by atoms with Crippen molar-refractivity contribution in [3.63, 3.8) is 0 Å². The highest BCUT2D eigenvalue weighted by Crippen LogP contribution is 2.17. The number of carbonyl (C=O) groups is 2. The van der Waals surface area contributed by atoms with E-state index in [1.807, 2.05) is 48.5 Å². The second kappa shape index (κ2) is 9.78. The molecule has 0 aliphatic heterocycles. The molecule has 0 heterocycles. The zero-order valence-corrected chi connectivity index (χ0v) is 16.9. The molecule has 0 saturated heterocycles. The number of hydrogen-bond acceptors (Lipinski definition) is 4. The molecule has 28 heavy (non-hydrogen) atoms. The minimum atomic E-state index is -1.16. The topological polar surface area (TPSA) is 76.7 Å². The number of amides is 2. The molecule has 150 valence electrons. The molecule has 6 nitrogen and oxygen atoms in total. The van der Waals surface area contributed by atoms with Gasteiger partial charge in [0.1, 0.15) is 16.9 Å². The summed E-state index contributed by atoms with van der Waals surface area (Å²) in [5.41, 5.74) is 0.861. The molecule has 6 heteroatoms. The number of methoxy groups -OCH3 is 2. The molecule has 0 aromatic heterocycles. The first-order valence-corrected chi connectivity index (χ1v) is 9.19. The van der Waals surface area contributed by atoms with Crippen LogP contribution in [0.2, 0.25) is 0 Å². The van der Waals surface area contributed by atoms with E-state index in [0.717, 1.165) is 22.6 Å². The highest BCUT2D eigenvalue weighted by atomic mass is 16.5. The van der Waals surface area contributed by atoms with Gasteiger partial charge in [0.05, 0.1) is 14.2 Å². The lowest BCUT2D eigenvalue weighted by molar-refractivity contribution is -0.141. The standard InChI is InChI=1S/C22H28N2O4/c1-22(2,21(26)24-15-17-7-11-19(28-4)12-8-17)20(25)23-14-13-16-5-9-18(27-3)10-6-16/h5-12H,13-15H2,1-4H3,(H,23,25)(H,24,26). The lowest BCUT2D eigenvalue weighted by atomic mass is 9.91. The minimum Gasteiger partial charge on any atom is -0.497 e. The van der Waals surface area contributed by atoms with E-state index in [9.17, 15) is 9.59 Å². The fourth-order valence-corrected chi connectivity index (χ4v) is 2.58. The van der Waals surface area contributed by atoms with Gasteiger partial charge in [0.2, 0.25) is 11.8 Å². The molecule has 2 aromatic carbocycles. The molecule has 0 saturated carbocycles. The molecule has 0 radical (unpaired) electrons. The van der Waals surface area contributed by atoms with Crippen LogP contribution in [0.4, 0.5) is 0 Å².